The van der Waals surface area contributed by atoms with Crippen LogP contribution in [0.15, 0.2) is 30.6 Å². The molecule has 1 aromatic carbocycles. The summed E-state index contributed by atoms with van der Waals surface area (Å²) >= 11 is 5.75. The van der Waals surface area contributed by atoms with E-state index in [4.69, 9.17) is 11.6 Å². The minimum absolute atomic E-state index is 0.0999. The molecule has 0 saturated carbocycles. The molecule has 0 atom stereocenters. The van der Waals surface area contributed by atoms with Gasteiger partial charge in [0.05, 0.1) is 12.8 Å². The fraction of sp³-hybridized carbons (Fsp3) is 0.0833. The molecule has 0 radical (unpaired) electrons. The van der Waals surface area contributed by atoms with E-state index in [2.05, 4.69) is 14.7 Å². The highest BCUT2D eigenvalue weighted by atomic mass is 35.5. The minimum Gasteiger partial charge on any atom is -0.464 e. The zero-order valence-corrected chi connectivity index (χ0v) is 10.1. The van der Waals surface area contributed by atoms with E-state index in [-0.39, 0.29) is 10.7 Å². The molecule has 0 aliphatic rings. The van der Waals surface area contributed by atoms with Crippen LogP contribution in [0.5, 0.6) is 0 Å². The van der Waals surface area contributed by atoms with Crippen molar-refractivity contribution in [3.05, 3.63) is 47.1 Å². The van der Waals surface area contributed by atoms with E-state index < -0.39 is 11.8 Å². The topological polar surface area (TPSA) is 52.1 Å². The summed E-state index contributed by atoms with van der Waals surface area (Å²) in [6.07, 6.45) is 1.21. The van der Waals surface area contributed by atoms with Crippen LogP contribution >= 0.6 is 11.6 Å². The molecule has 0 aliphatic carbocycles. The molecule has 0 amide bonds. The number of esters is 1. The molecule has 1 heterocycles. The van der Waals surface area contributed by atoms with Gasteiger partial charge in [0.15, 0.2) is 5.69 Å². The van der Waals surface area contributed by atoms with Gasteiger partial charge in [-0.1, -0.05) is 11.6 Å². The molecule has 0 fully saturated rings. The van der Waals surface area contributed by atoms with Crippen molar-refractivity contribution >= 4 is 17.6 Å². The van der Waals surface area contributed by atoms with Crippen molar-refractivity contribution in [2.24, 2.45) is 0 Å². The zero-order valence-electron chi connectivity index (χ0n) is 9.35. The second kappa shape index (κ2) is 5.10. The Morgan fingerprint density at radius 2 is 2.06 bits per heavy atom. The van der Waals surface area contributed by atoms with Crippen LogP contribution in [0, 0.1) is 5.82 Å². The molecule has 2 aromatic rings. The Balaban J connectivity index is 2.47. The molecule has 1 aromatic heterocycles. The molecule has 0 saturated heterocycles. The number of rotatable bonds is 2. The average Bonchev–Trinajstić information content (AvgIpc) is 2.37. The summed E-state index contributed by atoms with van der Waals surface area (Å²) in [6, 6.07) is 5.42. The third-order valence-electron chi connectivity index (χ3n) is 2.22. The molecule has 2 rings (SSSR count). The average molecular weight is 267 g/mol. The van der Waals surface area contributed by atoms with Gasteiger partial charge < -0.3 is 4.74 Å². The van der Waals surface area contributed by atoms with Crippen molar-refractivity contribution in [1.82, 2.24) is 9.97 Å². The van der Waals surface area contributed by atoms with Crippen molar-refractivity contribution in [2.75, 3.05) is 7.11 Å². The Hall–Kier alpha value is -2.01. The highest BCUT2D eigenvalue weighted by molar-refractivity contribution is 6.30. The Morgan fingerprint density at radius 3 is 2.72 bits per heavy atom. The van der Waals surface area contributed by atoms with Gasteiger partial charge in [-0.15, -0.1) is 0 Å². The van der Waals surface area contributed by atoms with E-state index in [1.165, 1.54) is 31.6 Å². The van der Waals surface area contributed by atoms with Gasteiger partial charge in [0, 0.05) is 10.6 Å². The van der Waals surface area contributed by atoms with Gasteiger partial charge in [-0.25, -0.2) is 19.2 Å². The summed E-state index contributed by atoms with van der Waals surface area (Å²) in [5.41, 5.74) is 0.960. The van der Waals surface area contributed by atoms with Crippen LogP contribution in [0.3, 0.4) is 0 Å². The number of ether oxygens (including phenoxy) is 1. The normalized spacial score (nSPS) is 10.2. The molecular formula is C12H8ClFN2O2. The summed E-state index contributed by atoms with van der Waals surface area (Å²) in [4.78, 5) is 19.1. The van der Waals surface area contributed by atoms with Gasteiger partial charge in [-0.2, -0.15) is 0 Å². The lowest BCUT2D eigenvalue weighted by Crippen LogP contribution is -2.04. The van der Waals surface area contributed by atoms with E-state index in [9.17, 15) is 9.18 Å². The summed E-state index contributed by atoms with van der Waals surface area (Å²) in [6.45, 7) is 0. The first-order valence-corrected chi connectivity index (χ1v) is 5.35. The van der Waals surface area contributed by atoms with Crippen molar-refractivity contribution in [3.8, 4) is 11.3 Å². The monoisotopic (exact) mass is 266 g/mol. The van der Waals surface area contributed by atoms with Crippen LogP contribution in [0.2, 0.25) is 5.02 Å². The molecule has 0 bridgehead atoms. The second-order valence-electron chi connectivity index (χ2n) is 3.44. The molecule has 6 heteroatoms. The maximum absolute atomic E-state index is 13.2. The van der Waals surface area contributed by atoms with Crippen LogP contribution in [-0.4, -0.2) is 23.0 Å². The first-order valence-electron chi connectivity index (χ1n) is 4.97. The lowest BCUT2D eigenvalue weighted by molar-refractivity contribution is 0.0594. The Bertz CT molecular complexity index is 584. The van der Waals surface area contributed by atoms with Crippen LogP contribution in [0.4, 0.5) is 4.39 Å². The quantitative estimate of drug-likeness (QED) is 0.784. The van der Waals surface area contributed by atoms with Gasteiger partial charge in [0.2, 0.25) is 0 Å². The lowest BCUT2D eigenvalue weighted by Gasteiger charge is -2.03. The number of benzene rings is 1. The Kier molecular flexibility index (Phi) is 3.53. The van der Waals surface area contributed by atoms with Crippen LogP contribution < -0.4 is 0 Å². The summed E-state index contributed by atoms with van der Waals surface area (Å²) in [7, 11) is 1.25. The van der Waals surface area contributed by atoms with Crippen molar-refractivity contribution < 1.29 is 13.9 Å². The minimum atomic E-state index is -0.582. The number of methoxy groups -OCH3 is 1. The van der Waals surface area contributed by atoms with Gasteiger partial charge in [-0.3, -0.25) is 0 Å². The van der Waals surface area contributed by atoms with Crippen LogP contribution in [-0.2, 0) is 4.74 Å². The van der Waals surface area contributed by atoms with Crippen molar-refractivity contribution in [3.63, 3.8) is 0 Å². The van der Waals surface area contributed by atoms with Gasteiger partial charge >= 0.3 is 5.97 Å². The number of hydrogen-bond donors (Lipinski definition) is 0. The third-order valence-corrected chi connectivity index (χ3v) is 2.44. The molecule has 18 heavy (non-hydrogen) atoms. The Labute approximate surface area is 107 Å². The first-order chi connectivity index (χ1) is 8.60. The lowest BCUT2D eigenvalue weighted by atomic mass is 10.1. The zero-order chi connectivity index (χ0) is 13.1. The molecule has 92 valence electrons. The number of carbonyl (C=O) groups is 1. The Morgan fingerprint density at radius 1 is 1.28 bits per heavy atom. The summed E-state index contributed by atoms with van der Waals surface area (Å²) in [5.74, 6) is -1.06. The van der Waals surface area contributed by atoms with Gasteiger partial charge in [0.1, 0.15) is 12.1 Å². The highest BCUT2D eigenvalue weighted by Gasteiger charge is 2.10. The van der Waals surface area contributed by atoms with Crippen LogP contribution in [0.1, 0.15) is 10.5 Å². The predicted molar refractivity (Wildman–Crippen MR) is 63.8 cm³/mol. The van der Waals surface area contributed by atoms with E-state index in [0.29, 0.717) is 11.3 Å². The van der Waals surface area contributed by atoms with E-state index in [1.807, 2.05) is 0 Å². The number of halogens is 2. The van der Waals surface area contributed by atoms with E-state index >= 15 is 0 Å². The van der Waals surface area contributed by atoms with E-state index in [1.54, 1.807) is 6.07 Å². The van der Waals surface area contributed by atoms with Crippen LogP contribution in [0.25, 0.3) is 11.3 Å². The number of aromatic nitrogens is 2. The van der Waals surface area contributed by atoms with Crippen molar-refractivity contribution in [1.29, 1.82) is 0 Å². The third kappa shape index (κ3) is 2.62. The fourth-order valence-electron chi connectivity index (χ4n) is 1.43. The summed E-state index contributed by atoms with van der Waals surface area (Å²) in [5, 5.41) is 0.253. The predicted octanol–water partition coefficient (Wildman–Crippen LogP) is 2.72. The first kappa shape index (κ1) is 12.4. The second-order valence-corrected chi connectivity index (χ2v) is 3.87. The standard InChI is InChI=1S/C12H8ClFN2O2/c1-18-12(17)11-5-10(15-6-16-11)7-2-8(13)4-9(14)3-7/h2-6H,1H3. The van der Waals surface area contributed by atoms with E-state index in [0.717, 1.165) is 0 Å². The summed E-state index contributed by atoms with van der Waals surface area (Å²) < 4.78 is 17.8. The van der Waals surface area contributed by atoms with Gasteiger partial charge in [-0.05, 0) is 24.3 Å². The molecule has 0 N–H and O–H groups in total. The maximum atomic E-state index is 13.2. The maximum Gasteiger partial charge on any atom is 0.356 e. The molecule has 0 unspecified atom stereocenters. The van der Waals surface area contributed by atoms with Crippen molar-refractivity contribution in [2.45, 2.75) is 0 Å². The molecular weight excluding hydrogens is 259 g/mol. The largest absolute Gasteiger partial charge is 0.464 e. The number of hydrogen-bond acceptors (Lipinski definition) is 4. The SMILES string of the molecule is COC(=O)c1cc(-c2cc(F)cc(Cl)c2)ncn1. The molecule has 0 aliphatic heterocycles. The molecule has 4 nitrogen and oxygen atoms in total. The fourth-order valence-corrected chi connectivity index (χ4v) is 1.65. The highest BCUT2D eigenvalue weighted by Crippen LogP contribution is 2.22. The number of carbonyl (C=O) groups excluding carboxylic acids is 1. The number of nitrogens with zero attached hydrogens (tertiary/aromatic N) is 2. The molecule has 0 spiro atoms. The van der Waals surface area contributed by atoms with Gasteiger partial charge in [0.25, 0.3) is 0 Å². The smallest absolute Gasteiger partial charge is 0.356 e.